The van der Waals surface area contributed by atoms with Gasteiger partial charge in [0.15, 0.2) is 0 Å². The van der Waals surface area contributed by atoms with Crippen LogP contribution in [0.2, 0.25) is 10.0 Å². The molecular weight excluding hydrogens is 549 g/mol. The number of amides is 1. The molecule has 1 heterocycles. The van der Waals surface area contributed by atoms with Gasteiger partial charge in [0, 0.05) is 16.6 Å². The summed E-state index contributed by atoms with van der Waals surface area (Å²) in [6.07, 6.45) is 1.31. The van der Waals surface area contributed by atoms with E-state index in [4.69, 9.17) is 32.4 Å². The van der Waals surface area contributed by atoms with Crippen molar-refractivity contribution in [3.05, 3.63) is 118 Å². The number of carbonyl (C=O) groups is 1. The Labute approximate surface area is 230 Å². The molecule has 0 bridgehead atoms. The van der Waals surface area contributed by atoms with Crippen LogP contribution in [0.25, 0.3) is 0 Å². The smallest absolute Gasteiger partial charge is 0.275 e. The molecule has 0 radical (unpaired) electrons. The van der Waals surface area contributed by atoms with E-state index in [0.717, 1.165) is 5.56 Å². The highest BCUT2D eigenvalue weighted by molar-refractivity contribution is 7.89. The van der Waals surface area contributed by atoms with Crippen LogP contribution in [0.3, 0.4) is 0 Å². The van der Waals surface area contributed by atoms with Crippen LogP contribution < -0.4 is 10.2 Å². The number of ether oxygens (including phenoxy) is 1. The molecule has 1 aromatic heterocycles. The lowest BCUT2D eigenvalue weighted by atomic mass is 10.2. The van der Waals surface area contributed by atoms with E-state index in [0.29, 0.717) is 27.3 Å². The van der Waals surface area contributed by atoms with Crippen LogP contribution >= 0.6 is 23.2 Å². The highest BCUT2D eigenvalue weighted by atomic mass is 35.5. The SMILES string of the molecule is COc1ccc(Cl)cc1C(=O)N/N=C\c1ccc(CN(Cc2ccccc2)S(=O)(=O)c2ccc(Cl)cc2)o1. The summed E-state index contributed by atoms with van der Waals surface area (Å²) in [5.41, 5.74) is 3.44. The minimum absolute atomic E-state index is 0.0280. The summed E-state index contributed by atoms with van der Waals surface area (Å²) in [6, 6.07) is 23.2. The molecule has 3 aromatic carbocycles. The average molecular weight is 572 g/mol. The average Bonchev–Trinajstić information content (AvgIpc) is 3.36. The first-order chi connectivity index (χ1) is 18.3. The number of carbonyl (C=O) groups excluding carboxylic acids is 1. The third-order valence-electron chi connectivity index (χ3n) is 5.43. The standard InChI is InChI=1S/C27H23Cl2N3O5S/c1-36-26-14-9-21(29)15-25(26)27(33)31-30-16-22-10-11-23(37-22)18-32(17-19-5-3-2-4-6-19)38(34,35)24-12-7-20(28)8-13-24/h2-16H,17-18H2,1H3,(H,31,33)/b30-16-. The molecule has 0 fully saturated rings. The van der Waals surface area contributed by atoms with Crippen LogP contribution in [0, 0.1) is 0 Å². The largest absolute Gasteiger partial charge is 0.496 e. The molecule has 0 saturated carbocycles. The molecule has 1 amide bonds. The summed E-state index contributed by atoms with van der Waals surface area (Å²) < 4.78 is 39.2. The van der Waals surface area contributed by atoms with Crippen LogP contribution in [0.15, 0.2) is 99.3 Å². The van der Waals surface area contributed by atoms with Crippen molar-refractivity contribution >= 4 is 45.3 Å². The lowest BCUT2D eigenvalue weighted by molar-refractivity contribution is 0.0952. The van der Waals surface area contributed by atoms with Gasteiger partial charge in [-0.1, -0.05) is 53.5 Å². The van der Waals surface area contributed by atoms with Gasteiger partial charge in [-0.2, -0.15) is 9.41 Å². The van der Waals surface area contributed by atoms with Crippen molar-refractivity contribution in [1.82, 2.24) is 9.73 Å². The van der Waals surface area contributed by atoms with Gasteiger partial charge in [0.25, 0.3) is 5.91 Å². The van der Waals surface area contributed by atoms with Gasteiger partial charge in [0.2, 0.25) is 10.0 Å². The number of nitrogens with one attached hydrogen (secondary N) is 1. The van der Waals surface area contributed by atoms with E-state index in [-0.39, 0.29) is 23.5 Å². The van der Waals surface area contributed by atoms with Crippen molar-refractivity contribution in [1.29, 1.82) is 0 Å². The van der Waals surface area contributed by atoms with Crippen molar-refractivity contribution in [2.45, 2.75) is 18.0 Å². The maximum absolute atomic E-state index is 13.5. The minimum atomic E-state index is -3.87. The first kappa shape index (κ1) is 27.4. The number of methoxy groups -OCH3 is 1. The van der Waals surface area contributed by atoms with Gasteiger partial charge in [0.1, 0.15) is 17.3 Å². The van der Waals surface area contributed by atoms with Crippen molar-refractivity contribution in [2.75, 3.05) is 7.11 Å². The van der Waals surface area contributed by atoms with Gasteiger partial charge in [-0.05, 0) is 60.2 Å². The highest BCUT2D eigenvalue weighted by Gasteiger charge is 2.26. The summed E-state index contributed by atoms with van der Waals surface area (Å²) >= 11 is 11.9. The number of hydrazone groups is 1. The molecule has 1 N–H and O–H groups in total. The van der Waals surface area contributed by atoms with E-state index >= 15 is 0 Å². The fourth-order valence-corrected chi connectivity index (χ4v) is 5.26. The van der Waals surface area contributed by atoms with Crippen LogP contribution in [0.5, 0.6) is 5.75 Å². The minimum Gasteiger partial charge on any atom is -0.496 e. The molecule has 0 aliphatic rings. The Morgan fingerprint density at radius 2 is 1.68 bits per heavy atom. The molecule has 4 aromatic rings. The first-order valence-corrected chi connectivity index (χ1v) is 13.5. The number of halogens is 2. The van der Waals surface area contributed by atoms with E-state index in [1.165, 1.54) is 48.0 Å². The van der Waals surface area contributed by atoms with Crippen molar-refractivity contribution in [2.24, 2.45) is 5.10 Å². The Kier molecular flexibility index (Phi) is 8.85. The number of hydrogen-bond donors (Lipinski definition) is 1. The molecule has 4 rings (SSSR count). The molecule has 38 heavy (non-hydrogen) atoms. The molecule has 0 saturated heterocycles. The zero-order valence-corrected chi connectivity index (χ0v) is 22.5. The zero-order chi connectivity index (χ0) is 27.1. The number of benzene rings is 3. The summed E-state index contributed by atoms with van der Waals surface area (Å²) in [5, 5.41) is 4.74. The number of furan rings is 1. The number of hydrogen-bond acceptors (Lipinski definition) is 6. The summed E-state index contributed by atoms with van der Waals surface area (Å²) in [7, 11) is -2.43. The Balaban J connectivity index is 1.50. The van der Waals surface area contributed by atoms with E-state index in [1.807, 2.05) is 30.3 Å². The van der Waals surface area contributed by atoms with E-state index in [2.05, 4.69) is 10.5 Å². The van der Waals surface area contributed by atoms with Gasteiger partial charge < -0.3 is 9.15 Å². The Morgan fingerprint density at radius 1 is 0.974 bits per heavy atom. The number of sulfonamides is 1. The lowest BCUT2D eigenvalue weighted by Gasteiger charge is -2.21. The predicted molar refractivity (Wildman–Crippen MR) is 146 cm³/mol. The van der Waals surface area contributed by atoms with Gasteiger partial charge in [-0.3, -0.25) is 4.79 Å². The highest BCUT2D eigenvalue weighted by Crippen LogP contribution is 2.24. The maximum Gasteiger partial charge on any atom is 0.275 e. The molecular formula is C27H23Cl2N3O5S. The van der Waals surface area contributed by atoms with Gasteiger partial charge in [-0.15, -0.1) is 0 Å². The fraction of sp³-hybridized carbons (Fsp3) is 0.111. The summed E-state index contributed by atoms with van der Waals surface area (Å²) in [5.74, 6) is 0.544. The predicted octanol–water partition coefficient (Wildman–Crippen LogP) is 5.75. The van der Waals surface area contributed by atoms with Crippen LogP contribution in [-0.4, -0.2) is 32.0 Å². The fourth-order valence-electron chi connectivity index (χ4n) is 3.56. The van der Waals surface area contributed by atoms with Gasteiger partial charge >= 0.3 is 0 Å². The second-order valence-electron chi connectivity index (χ2n) is 8.06. The van der Waals surface area contributed by atoms with Crippen LogP contribution in [-0.2, 0) is 23.1 Å². The quantitative estimate of drug-likeness (QED) is 0.193. The number of nitrogens with zero attached hydrogens (tertiary/aromatic N) is 2. The number of rotatable bonds is 10. The third kappa shape index (κ3) is 6.81. The second-order valence-corrected chi connectivity index (χ2v) is 10.9. The Hall–Kier alpha value is -3.63. The van der Waals surface area contributed by atoms with Gasteiger partial charge in [0.05, 0.1) is 30.3 Å². The van der Waals surface area contributed by atoms with Crippen LogP contribution in [0.4, 0.5) is 0 Å². The summed E-state index contributed by atoms with van der Waals surface area (Å²) in [6.45, 7) is 0.104. The van der Waals surface area contributed by atoms with Crippen LogP contribution in [0.1, 0.15) is 27.4 Å². The lowest BCUT2D eigenvalue weighted by Crippen LogP contribution is -2.30. The van der Waals surface area contributed by atoms with E-state index in [1.54, 1.807) is 24.3 Å². The zero-order valence-electron chi connectivity index (χ0n) is 20.2. The van der Waals surface area contributed by atoms with Crippen molar-refractivity contribution in [3.63, 3.8) is 0 Å². The molecule has 0 aliphatic heterocycles. The normalized spacial score (nSPS) is 11.7. The van der Waals surface area contributed by atoms with Crippen molar-refractivity contribution in [3.8, 4) is 5.75 Å². The summed E-state index contributed by atoms with van der Waals surface area (Å²) in [4.78, 5) is 12.6. The second kappa shape index (κ2) is 12.3. The van der Waals surface area contributed by atoms with E-state index < -0.39 is 15.9 Å². The topological polar surface area (TPSA) is 101 Å². The Bertz CT molecular complexity index is 1540. The monoisotopic (exact) mass is 571 g/mol. The van der Waals surface area contributed by atoms with E-state index in [9.17, 15) is 13.2 Å². The first-order valence-electron chi connectivity index (χ1n) is 11.3. The molecule has 0 unspecified atom stereocenters. The molecule has 0 atom stereocenters. The molecule has 196 valence electrons. The molecule has 0 aliphatic carbocycles. The van der Waals surface area contributed by atoms with Crippen molar-refractivity contribution < 1.29 is 22.4 Å². The third-order valence-corrected chi connectivity index (χ3v) is 7.72. The molecule has 8 nitrogen and oxygen atoms in total. The Morgan fingerprint density at radius 3 is 2.39 bits per heavy atom. The maximum atomic E-state index is 13.5. The van der Waals surface area contributed by atoms with Gasteiger partial charge in [-0.25, -0.2) is 13.8 Å². The molecule has 0 spiro atoms. The molecule has 11 heteroatoms.